The summed E-state index contributed by atoms with van der Waals surface area (Å²) in [7, 11) is 0. The number of benzene rings is 1. The summed E-state index contributed by atoms with van der Waals surface area (Å²) in [6.07, 6.45) is 1.13. The van der Waals surface area contributed by atoms with Crippen LogP contribution in [0.25, 0.3) is 0 Å². The molecule has 168 valence electrons. The molecule has 0 aliphatic carbocycles. The first-order valence-electron chi connectivity index (χ1n) is 10.5. The normalized spacial score (nSPS) is 20.0. The van der Waals surface area contributed by atoms with E-state index >= 15 is 0 Å². The average Bonchev–Trinajstić information content (AvgIpc) is 3.23. The van der Waals surface area contributed by atoms with E-state index in [-0.39, 0.29) is 35.7 Å². The maximum Gasteiger partial charge on any atom is 0.251 e. The number of carbonyl (C=O) groups excluding carboxylic acids is 1. The number of guanidine groups is 1. The van der Waals surface area contributed by atoms with Crippen molar-refractivity contribution in [3.05, 3.63) is 35.1 Å². The Labute approximate surface area is 195 Å². The summed E-state index contributed by atoms with van der Waals surface area (Å²) in [5.41, 5.74) is 0.860. The highest BCUT2D eigenvalue weighted by Crippen LogP contribution is 2.17. The molecule has 2 fully saturated rings. The Kier molecular flexibility index (Phi) is 10.3. The molecule has 1 unspecified atom stereocenters. The van der Waals surface area contributed by atoms with Gasteiger partial charge in [0.1, 0.15) is 5.82 Å². The lowest BCUT2D eigenvalue weighted by molar-refractivity contribution is 0.0195. The minimum atomic E-state index is -0.367. The van der Waals surface area contributed by atoms with Crippen LogP contribution in [-0.2, 0) is 4.74 Å². The molecule has 0 saturated carbocycles. The number of aliphatic imine (C=N–C) groups is 1. The number of carbonyl (C=O) groups is 1. The lowest BCUT2D eigenvalue weighted by atomic mass is 10.1. The van der Waals surface area contributed by atoms with Crippen LogP contribution in [0, 0.1) is 12.7 Å². The Bertz CT molecular complexity index is 727. The molecule has 2 aliphatic heterocycles. The van der Waals surface area contributed by atoms with Crippen LogP contribution in [0.15, 0.2) is 23.2 Å². The molecule has 2 N–H and O–H groups in total. The van der Waals surface area contributed by atoms with E-state index in [4.69, 9.17) is 4.74 Å². The molecular weight excluding hydrogens is 500 g/mol. The second kappa shape index (κ2) is 12.4. The Morgan fingerprint density at radius 3 is 2.73 bits per heavy atom. The molecule has 2 heterocycles. The van der Waals surface area contributed by atoms with Crippen molar-refractivity contribution in [3.8, 4) is 0 Å². The predicted molar refractivity (Wildman–Crippen MR) is 127 cm³/mol. The molecule has 0 bridgehead atoms. The predicted octanol–water partition coefficient (Wildman–Crippen LogP) is 1.85. The van der Waals surface area contributed by atoms with Gasteiger partial charge in [0, 0.05) is 50.9 Å². The Morgan fingerprint density at radius 2 is 2.03 bits per heavy atom. The summed E-state index contributed by atoms with van der Waals surface area (Å²) in [4.78, 5) is 21.7. The molecule has 1 aromatic rings. The first kappa shape index (κ1) is 24.8. The van der Waals surface area contributed by atoms with E-state index in [1.54, 1.807) is 19.1 Å². The Balaban J connectivity index is 0.00000320. The molecule has 1 aromatic carbocycles. The fraction of sp³-hybridized carbons (Fsp3) is 0.619. The number of morpholine rings is 1. The summed E-state index contributed by atoms with van der Waals surface area (Å²) < 4.78 is 19.1. The molecule has 1 amide bonds. The van der Waals surface area contributed by atoms with Gasteiger partial charge in [0.2, 0.25) is 0 Å². The molecule has 9 heteroatoms. The zero-order valence-electron chi connectivity index (χ0n) is 17.8. The van der Waals surface area contributed by atoms with Crippen molar-refractivity contribution in [2.24, 2.45) is 4.99 Å². The average molecular weight is 533 g/mol. The van der Waals surface area contributed by atoms with Crippen molar-refractivity contribution in [3.63, 3.8) is 0 Å². The van der Waals surface area contributed by atoms with Crippen LogP contribution in [0.4, 0.5) is 4.39 Å². The number of nitrogens with one attached hydrogen (secondary N) is 2. The van der Waals surface area contributed by atoms with Crippen LogP contribution in [-0.4, -0.2) is 86.7 Å². The Hall–Kier alpha value is -1.46. The lowest BCUT2D eigenvalue weighted by Gasteiger charge is -2.32. The standard InChI is InChI=1S/C21H32FN5O2.HI/c1-3-23-21(27-9-6-18(15-27)26-10-12-29-13-11-26)25-8-7-24-20(28)17-5-4-16(2)19(22)14-17;/h4-5,14,18H,3,6-13,15H2,1-2H3,(H,23,25)(H,24,28);1H. The van der Waals surface area contributed by atoms with Gasteiger partial charge in [-0.1, -0.05) is 6.07 Å². The molecule has 7 nitrogen and oxygen atoms in total. The van der Waals surface area contributed by atoms with Gasteiger partial charge in [-0.2, -0.15) is 0 Å². The van der Waals surface area contributed by atoms with E-state index in [0.29, 0.717) is 30.3 Å². The topological polar surface area (TPSA) is 69.2 Å². The number of nitrogens with zero attached hydrogens (tertiary/aromatic N) is 3. The fourth-order valence-electron chi connectivity index (χ4n) is 3.77. The number of aryl methyl sites for hydroxylation is 1. The van der Waals surface area contributed by atoms with E-state index in [9.17, 15) is 9.18 Å². The molecule has 2 aliphatic rings. The Morgan fingerprint density at radius 1 is 1.27 bits per heavy atom. The first-order valence-corrected chi connectivity index (χ1v) is 10.5. The molecule has 3 rings (SSSR count). The van der Waals surface area contributed by atoms with Crippen molar-refractivity contribution in [2.75, 3.05) is 59.0 Å². The molecule has 0 aromatic heterocycles. The van der Waals surface area contributed by atoms with Gasteiger partial charge >= 0.3 is 0 Å². The van der Waals surface area contributed by atoms with E-state index < -0.39 is 0 Å². The largest absolute Gasteiger partial charge is 0.379 e. The first-order chi connectivity index (χ1) is 14.1. The second-order valence-electron chi connectivity index (χ2n) is 7.49. The fourth-order valence-corrected chi connectivity index (χ4v) is 3.77. The van der Waals surface area contributed by atoms with Crippen LogP contribution in [0.1, 0.15) is 29.3 Å². The quantitative estimate of drug-likeness (QED) is 0.253. The van der Waals surface area contributed by atoms with Gasteiger partial charge in [0.15, 0.2) is 5.96 Å². The number of rotatable bonds is 6. The summed E-state index contributed by atoms with van der Waals surface area (Å²) in [6, 6.07) is 5.06. The van der Waals surface area contributed by atoms with Crippen LogP contribution in [0.3, 0.4) is 0 Å². The molecule has 2 saturated heterocycles. The maximum atomic E-state index is 13.6. The van der Waals surface area contributed by atoms with Gasteiger partial charge in [0.25, 0.3) is 5.91 Å². The monoisotopic (exact) mass is 533 g/mol. The lowest BCUT2D eigenvalue weighted by Crippen LogP contribution is -2.46. The zero-order chi connectivity index (χ0) is 20.6. The third kappa shape index (κ3) is 6.78. The third-order valence-electron chi connectivity index (χ3n) is 5.45. The maximum absolute atomic E-state index is 13.6. The molecule has 0 spiro atoms. The van der Waals surface area contributed by atoms with Crippen molar-refractivity contribution in [2.45, 2.75) is 26.3 Å². The number of amides is 1. The van der Waals surface area contributed by atoms with Gasteiger partial charge in [-0.25, -0.2) is 4.39 Å². The second-order valence-corrected chi connectivity index (χ2v) is 7.49. The molecule has 1 atom stereocenters. The van der Waals surface area contributed by atoms with Crippen molar-refractivity contribution >= 4 is 35.8 Å². The number of halogens is 2. The third-order valence-corrected chi connectivity index (χ3v) is 5.45. The minimum absolute atomic E-state index is 0. The minimum Gasteiger partial charge on any atom is -0.379 e. The van der Waals surface area contributed by atoms with Crippen molar-refractivity contribution in [1.82, 2.24) is 20.4 Å². The van der Waals surface area contributed by atoms with Crippen molar-refractivity contribution < 1.29 is 13.9 Å². The summed E-state index contributed by atoms with van der Waals surface area (Å²) in [5.74, 6) is 0.241. The van der Waals surface area contributed by atoms with Gasteiger partial charge < -0.3 is 20.3 Å². The molecular formula is C21H33FIN5O2. The highest BCUT2D eigenvalue weighted by Gasteiger charge is 2.30. The van der Waals surface area contributed by atoms with Gasteiger partial charge in [-0.15, -0.1) is 24.0 Å². The van der Waals surface area contributed by atoms with E-state index in [0.717, 1.165) is 58.3 Å². The van der Waals surface area contributed by atoms with E-state index in [1.165, 1.54) is 6.07 Å². The molecule has 30 heavy (non-hydrogen) atoms. The van der Waals surface area contributed by atoms with Crippen LogP contribution in [0.2, 0.25) is 0 Å². The van der Waals surface area contributed by atoms with Gasteiger partial charge in [-0.05, 0) is 38.0 Å². The van der Waals surface area contributed by atoms with Gasteiger partial charge in [-0.3, -0.25) is 14.7 Å². The molecule has 0 radical (unpaired) electrons. The highest BCUT2D eigenvalue weighted by atomic mass is 127. The number of ether oxygens (including phenoxy) is 1. The highest BCUT2D eigenvalue weighted by molar-refractivity contribution is 14.0. The van der Waals surface area contributed by atoms with Gasteiger partial charge in [0.05, 0.1) is 19.8 Å². The number of likely N-dealkylation sites (tertiary alicyclic amines) is 1. The van der Waals surface area contributed by atoms with E-state index in [2.05, 4.69) is 32.3 Å². The van der Waals surface area contributed by atoms with Crippen LogP contribution in [0.5, 0.6) is 0 Å². The van der Waals surface area contributed by atoms with Crippen LogP contribution >= 0.6 is 24.0 Å². The zero-order valence-corrected chi connectivity index (χ0v) is 20.2. The summed E-state index contributed by atoms with van der Waals surface area (Å²) in [6.45, 7) is 11.0. The summed E-state index contributed by atoms with van der Waals surface area (Å²) in [5, 5.41) is 6.17. The van der Waals surface area contributed by atoms with Crippen LogP contribution < -0.4 is 10.6 Å². The SMILES string of the molecule is CCNC(=NCCNC(=O)c1ccc(C)c(F)c1)N1CCC(N2CCOCC2)C1.I. The number of hydrogen-bond donors (Lipinski definition) is 2. The number of hydrogen-bond acceptors (Lipinski definition) is 4. The van der Waals surface area contributed by atoms with Crippen molar-refractivity contribution in [1.29, 1.82) is 0 Å². The smallest absolute Gasteiger partial charge is 0.251 e. The van der Waals surface area contributed by atoms with E-state index in [1.807, 2.05) is 0 Å². The summed E-state index contributed by atoms with van der Waals surface area (Å²) >= 11 is 0.